The van der Waals surface area contributed by atoms with Gasteiger partial charge >= 0.3 is 0 Å². The summed E-state index contributed by atoms with van der Waals surface area (Å²) < 4.78 is 0. The Morgan fingerprint density at radius 3 is 1.55 bits per heavy atom. The molecule has 66 heavy (non-hydrogen) atoms. The van der Waals surface area contributed by atoms with E-state index in [2.05, 4.69) is 187 Å². The first-order valence-electron chi connectivity index (χ1n) is 22.3. The summed E-state index contributed by atoms with van der Waals surface area (Å²) in [6, 6.07) is 83.9. The molecule has 0 atom stereocenters. The van der Waals surface area contributed by atoms with Crippen molar-refractivity contribution in [3.05, 3.63) is 248 Å². The molecule has 1 aromatic heterocycles. The van der Waals surface area contributed by atoms with Crippen LogP contribution in [0.5, 0.6) is 0 Å². The summed E-state index contributed by atoms with van der Waals surface area (Å²) in [5.74, 6) is 0.668. The van der Waals surface area contributed by atoms with Crippen molar-refractivity contribution >= 4 is 48.8 Å². The summed E-state index contributed by atoms with van der Waals surface area (Å²) in [6.45, 7) is 7.43. The van der Waals surface area contributed by atoms with Crippen molar-refractivity contribution in [1.82, 2.24) is 9.97 Å². The average Bonchev–Trinajstić information content (AvgIpc) is 3.40. The highest BCUT2D eigenvalue weighted by Gasteiger charge is 2.19. The van der Waals surface area contributed by atoms with Crippen LogP contribution in [0.1, 0.15) is 0 Å². The van der Waals surface area contributed by atoms with Crippen LogP contribution in [-0.2, 0) is 0 Å². The lowest BCUT2D eigenvalue weighted by Crippen LogP contribution is -1.97. The van der Waals surface area contributed by atoms with Crippen LogP contribution in [0.2, 0.25) is 0 Å². The Morgan fingerprint density at radius 1 is 0.303 bits per heavy atom. The van der Waals surface area contributed by atoms with Crippen LogP contribution in [0.3, 0.4) is 0 Å². The summed E-state index contributed by atoms with van der Waals surface area (Å²) in [7, 11) is 0. The predicted octanol–water partition coefficient (Wildman–Crippen LogP) is 17.3. The molecular weight excluding hydrogens is 799 g/mol. The molecule has 0 unspecified atom stereocenters. The van der Waals surface area contributed by atoms with Gasteiger partial charge in [-0.15, -0.1) is 0 Å². The molecule has 0 radical (unpaired) electrons. The largest absolute Gasteiger partial charge is 0.238 e. The minimum absolute atomic E-state index is 0.617. The first-order chi connectivity index (χ1) is 32.7. The topological polar surface area (TPSA) is 30.1 Å². The quantitative estimate of drug-likeness (QED) is 0.0909. The fourth-order valence-corrected chi connectivity index (χ4v) is 9.70. The van der Waals surface area contributed by atoms with Crippen LogP contribution in [0.4, 0.5) is 5.69 Å². The van der Waals surface area contributed by atoms with Crippen LogP contribution in [-0.4, -0.2) is 9.97 Å². The number of hydrogen-bond donors (Lipinski definition) is 0. The molecule has 0 saturated carbocycles. The van der Waals surface area contributed by atoms with E-state index >= 15 is 0 Å². The zero-order valence-electron chi connectivity index (χ0n) is 35.9. The lowest BCUT2D eigenvalue weighted by atomic mass is 9.84. The minimum atomic E-state index is 0.617. The molecule has 0 fully saturated rings. The maximum Gasteiger partial charge on any atom is 0.187 e. The molecule has 0 aliphatic carbocycles. The molecule has 0 amide bonds. The molecule has 1 heterocycles. The van der Waals surface area contributed by atoms with Crippen molar-refractivity contribution in [3.8, 4) is 78.4 Å². The van der Waals surface area contributed by atoms with Gasteiger partial charge in [0.25, 0.3) is 0 Å². The second-order valence-electron chi connectivity index (χ2n) is 16.8. The van der Waals surface area contributed by atoms with Crippen LogP contribution in [0.25, 0.3) is 126 Å². The van der Waals surface area contributed by atoms with Gasteiger partial charge < -0.3 is 0 Å². The van der Waals surface area contributed by atoms with E-state index in [0.717, 1.165) is 55.5 Å². The molecule has 11 aromatic carbocycles. The molecule has 0 saturated heterocycles. The third kappa shape index (κ3) is 6.86. The second-order valence-corrected chi connectivity index (χ2v) is 16.8. The van der Waals surface area contributed by atoms with Crippen LogP contribution in [0, 0.1) is 6.57 Å². The Balaban J connectivity index is 0.932. The van der Waals surface area contributed by atoms with Gasteiger partial charge in [0.1, 0.15) is 0 Å². The molecule has 12 aromatic rings. The van der Waals surface area contributed by atoms with Crippen LogP contribution in [0.15, 0.2) is 237 Å². The molecule has 3 nitrogen and oxygen atoms in total. The van der Waals surface area contributed by atoms with Crippen molar-refractivity contribution in [2.75, 3.05) is 0 Å². The molecule has 0 bridgehead atoms. The second kappa shape index (κ2) is 16.3. The molecule has 3 heteroatoms. The highest BCUT2D eigenvalue weighted by atomic mass is 14.9. The Morgan fingerprint density at radius 2 is 0.818 bits per heavy atom. The van der Waals surface area contributed by atoms with E-state index in [1.165, 1.54) is 60.1 Å². The first kappa shape index (κ1) is 38.7. The third-order valence-electron chi connectivity index (χ3n) is 12.9. The molecule has 0 aliphatic heterocycles. The summed E-state index contributed by atoms with van der Waals surface area (Å²) >= 11 is 0. The van der Waals surface area contributed by atoms with Gasteiger partial charge in [0.05, 0.1) is 18.0 Å². The van der Waals surface area contributed by atoms with E-state index in [9.17, 15) is 0 Å². The highest BCUT2D eigenvalue weighted by Crippen LogP contribution is 2.46. The van der Waals surface area contributed by atoms with E-state index in [0.29, 0.717) is 11.5 Å². The zero-order valence-corrected chi connectivity index (χ0v) is 35.9. The monoisotopic (exact) mass is 837 g/mol. The van der Waals surface area contributed by atoms with Crippen molar-refractivity contribution in [2.24, 2.45) is 0 Å². The van der Waals surface area contributed by atoms with Crippen molar-refractivity contribution in [2.45, 2.75) is 0 Å². The lowest BCUT2D eigenvalue weighted by Gasteiger charge is -2.19. The fraction of sp³-hybridized carbons (Fsp3) is 0. The maximum atomic E-state index is 7.43. The van der Waals surface area contributed by atoms with Crippen LogP contribution < -0.4 is 0 Å². The Bertz CT molecular complexity index is 3850. The Kier molecular flexibility index (Phi) is 9.55. The summed E-state index contributed by atoms with van der Waals surface area (Å²) in [6.07, 6.45) is 0. The van der Waals surface area contributed by atoms with E-state index in [-0.39, 0.29) is 0 Å². The van der Waals surface area contributed by atoms with Crippen molar-refractivity contribution in [1.29, 1.82) is 0 Å². The lowest BCUT2D eigenvalue weighted by molar-refractivity contribution is 1.18. The van der Waals surface area contributed by atoms with Crippen LogP contribution >= 0.6 is 0 Å². The highest BCUT2D eigenvalue weighted by molar-refractivity contribution is 6.28. The Labute approximate surface area is 383 Å². The third-order valence-corrected chi connectivity index (χ3v) is 12.9. The number of rotatable bonds is 7. The van der Waals surface area contributed by atoms with E-state index < -0.39 is 0 Å². The maximum absolute atomic E-state index is 7.43. The van der Waals surface area contributed by atoms with Gasteiger partial charge in [-0.25, -0.2) is 14.8 Å². The summed E-state index contributed by atoms with van der Waals surface area (Å²) in [4.78, 5) is 13.9. The summed E-state index contributed by atoms with van der Waals surface area (Å²) in [5, 5.41) is 9.83. The number of hydrogen-bond acceptors (Lipinski definition) is 2. The predicted molar refractivity (Wildman–Crippen MR) is 276 cm³/mol. The smallest absolute Gasteiger partial charge is 0.187 e. The molecule has 0 N–H and O–H groups in total. The van der Waals surface area contributed by atoms with Crippen molar-refractivity contribution in [3.63, 3.8) is 0 Å². The SMILES string of the molecule is [C-]#[N+]c1ccc(-c2ccccc2-c2cc(-c3ccc4cc(-c5ccc(-c6c7ccccc7c(-c7ccccc7)c7ccc8ccccc8c67)cc5)ccc4c3)nc(-c3ccccc3)n2)cc1. The van der Waals surface area contributed by atoms with E-state index in [1.807, 2.05) is 54.6 Å². The zero-order chi connectivity index (χ0) is 44.0. The van der Waals surface area contributed by atoms with Gasteiger partial charge in [-0.1, -0.05) is 218 Å². The fourth-order valence-electron chi connectivity index (χ4n) is 9.70. The van der Waals surface area contributed by atoms with Gasteiger partial charge in [0.2, 0.25) is 0 Å². The molecule has 0 spiro atoms. The van der Waals surface area contributed by atoms with E-state index in [1.54, 1.807) is 0 Å². The molecule has 306 valence electrons. The van der Waals surface area contributed by atoms with Gasteiger partial charge in [0, 0.05) is 16.7 Å². The minimum Gasteiger partial charge on any atom is -0.238 e. The van der Waals surface area contributed by atoms with E-state index in [4.69, 9.17) is 16.5 Å². The standard InChI is InChI=1S/C63H39N3/c1-64-51-35-32-43(33-36-51)52-19-10-11-21-54(52)59-40-58(65-63(66-59)46-17-6-3-7-18-46)50-31-30-48-38-47(28-29-49(48)39-50)41-24-26-45(27-25-41)61-56-23-13-12-22-55(56)60(44-15-4-2-5-16-44)57-37-34-42-14-8-9-20-53(42)62(57)61/h2-40H. The molecule has 0 aliphatic rings. The number of nitrogens with zero attached hydrogens (tertiary/aromatic N) is 3. The number of fused-ring (bicyclic) bond motifs is 5. The Hall–Kier alpha value is -8.97. The van der Waals surface area contributed by atoms with Gasteiger partial charge in [-0.3, -0.25) is 0 Å². The summed E-state index contributed by atoms with van der Waals surface area (Å²) in [5.41, 5.74) is 14.6. The van der Waals surface area contributed by atoms with Crippen molar-refractivity contribution < 1.29 is 0 Å². The van der Waals surface area contributed by atoms with Gasteiger partial charge in [0.15, 0.2) is 11.5 Å². The molecule has 12 rings (SSSR count). The normalized spacial score (nSPS) is 11.3. The first-order valence-corrected chi connectivity index (χ1v) is 22.3. The van der Waals surface area contributed by atoms with Gasteiger partial charge in [-0.05, 0) is 106 Å². The van der Waals surface area contributed by atoms with Gasteiger partial charge in [-0.2, -0.15) is 0 Å². The average molecular weight is 838 g/mol. The molecular formula is C63H39N3. The number of benzene rings is 11. The number of aromatic nitrogens is 2.